The minimum Gasteiger partial charge on any atom is -0.444 e. The summed E-state index contributed by atoms with van der Waals surface area (Å²) in [7, 11) is -3.67. The number of amides is 2. The van der Waals surface area contributed by atoms with Crippen molar-refractivity contribution in [3.63, 3.8) is 0 Å². The van der Waals surface area contributed by atoms with Crippen molar-refractivity contribution in [2.45, 2.75) is 84.0 Å². The third-order valence-corrected chi connectivity index (χ3v) is 10.5. The summed E-state index contributed by atoms with van der Waals surface area (Å²) < 4.78 is 53.6. The smallest absolute Gasteiger partial charge is 0.410 e. The summed E-state index contributed by atoms with van der Waals surface area (Å²) in [5.41, 5.74) is 2.15. The van der Waals surface area contributed by atoms with E-state index in [4.69, 9.17) is 9.47 Å². The van der Waals surface area contributed by atoms with Gasteiger partial charge in [-0.25, -0.2) is 22.1 Å². The largest absolute Gasteiger partial charge is 0.444 e. The summed E-state index contributed by atoms with van der Waals surface area (Å²) in [6.07, 6.45) is 1.02. The van der Waals surface area contributed by atoms with Gasteiger partial charge >= 0.3 is 6.09 Å². The van der Waals surface area contributed by atoms with E-state index in [0.717, 1.165) is 24.1 Å². The zero-order valence-corrected chi connectivity index (χ0v) is 32.2. The van der Waals surface area contributed by atoms with Gasteiger partial charge in [-0.1, -0.05) is 26.0 Å². The fraction of sp³-hybridized carbons (Fsp3) is 0.611. The number of ether oxygens (including phenoxy) is 2. The Kier molecular flexibility index (Phi) is 10.3. The maximum atomic E-state index is 14.6. The Labute approximate surface area is 305 Å². The van der Waals surface area contributed by atoms with Crippen molar-refractivity contribution < 1.29 is 31.9 Å². The monoisotopic (exact) mass is 742 g/mol. The molecule has 284 valence electrons. The summed E-state index contributed by atoms with van der Waals surface area (Å²) in [4.78, 5) is 40.6. The van der Waals surface area contributed by atoms with E-state index < -0.39 is 21.0 Å². The second-order valence-corrected chi connectivity index (χ2v) is 17.8. The van der Waals surface area contributed by atoms with Crippen molar-refractivity contribution in [1.29, 1.82) is 0 Å². The number of carbonyl (C=O) groups is 2. The predicted molar refractivity (Wildman–Crippen MR) is 196 cm³/mol. The molecule has 2 fully saturated rings. The third-order valence-electron chi connectivity index (χ3n) is 9.90. The lowest BCUT2D eigenvalue weighted by molar-refractivity contribution is -0.121. The first-order valence-corrected chi connectivity index (χ1v) is 19.7. The molecule has 16 heteroatoms. The molecule has 3 aromatic rings. The highest BCUT2D eigenvalue weighted by Gasteiger charge is 2.44. The van der Waals surface area contributed by atoms with E-state index >= 15 is 0 Å². The molecule has 14 nitrogen and oxygen atoms in total. The van der Waals surface area contributed by atoms with Crippen LogP contribution in [-0.4, -0.2) is 132 Å². The average molecular weight is 743 g/mol. The van der Waals surface area contributed by atoms with Gasteiger partial charge in [-0.3, -0.25) is 19.3 Å². The van der Waals surface area contributed by atoms with Gasteiger partial charge in [0.2, 0.25) is 15.9 Å². The number of benzene rings is 1. The van der Waals surface area contributed by atoms with Crippen LogP contribution in [0.25, 0.3) is 5.65 Å². The fourth-order valence-corrected chi connectivity index (χ4v) is 7.89. The molecule has 0 unspecified atom stereocenters. The molecule has 52 heavy (non-hydrogen) atoms. The van der Waals surface area contributed by atoms with Gasteiger partial charge in [-0.2, -0.15) is 4.98 Å². The number of fused-ring (bicyclic) bond motifs is 3. The van der Waals surface area contributed by atoms with Crippen molar-refractivity contribution in [2.75, 3.05) is 68.4 Å². The second-order valence-electron chi connectivity index (χ2n) is 16.1. The highest BCUT2D eigenvalue weighted by Crippen LogP contribution is 2.42. The Bertz CT molecular complexity index is 1930. The van der Waals surface area contributed by atoms with Crippen LogP contribution < -0.4 is 9.62 Å². The lowest BCUT2D eigenvalue weighted by atomic mass is 9.90. The van der Waals surface area contributed by atoms with Crippen LogP contribution in [0.3, 0.4) is 0 Å². The van der Waals surface area contributed by atoms with Gasteiger partial charge < -0.3 is 19.3 Å². The molecule has 5 heterocycles. The van der Waals surface area contributed by atoms with Crippen LogP contribution in [0.5, 0.6) is 0 Å². The molecule has 1 aromatic carbocycles. The quantitative estimate of drug-likeness (QED) is 0.365. The number of aromatic nitrogens is 3. The molecule has 0 spiro atoms. The molecular formula is C36H51FN8O6S. The molecule has 6 rings (SSSR count). The molecule has 0 bridgehead atoms. The summed E-state index contributed by atoms with van der Waals surface area (Å²) in [5, 5.41) is 4.58. The topological polar surface area (TPSA) is 142 Å². The number of piperazine rings is 1. The van der Waals surface area contributed by atoms with Gasteiger partial charge in [0.25, 0.3) is 5.95 Å². The van der Waals surface area contributed by atoms with Crippen LogP contribution in [0.15, 0.2) is 30.3 Å². The van der Waals surface area contributed by atoms with E-state index in [1.54, 1.807) is 26.4 Å². The van der Waals surface area contributed by atoms with E-state index in [2.05, 4.69) is 31.5 Å². The lowest BCUT2D eigenvalue weighted by Gasteiger charge is -2.47. The molecule has 0 saturated carbocycles. The number of anilines is 2. The van der Waals surface area contributed by atoms with E-state index in [-0.39, 0.29) is 48.4 Å². The molecule has 0 radical (unpaired) electrons. The molecule has 2 amide bonds. The Morgan fingerprint density at radius 2 is 1.81 bits per heavy atom. The Morgan fingerprint density at radius 3 is 2.46 bits per heavy atom. The minimum absolute atomic E-state index is 0.0751. The Balaban J connectivity index is 1.34. The minimum atomic E-state index is -3.67. The number of pyridine rings is 1. The van der Waals surface area contributed by atoms with Crippen molar-refractivity contribution >= 4 is 39.3 Å². The fourth-order valence-electron chi connectivity index (χ4n) is 7.47. The third kappa shape index (κ3) is 8.35. The van der Waals surface area contributed by atoms with Gasteiger partial charge in [-0.05, 0) is 58.4 Å². The normalized spacial score (nSPS) is 22.8. The number of hydrogen-bond donors (Lipinski definition) is 1. The zero-order chi connectivity index (χ0) is 37.7. The molecule has 3 aliphatic heterocycles. The average Bonchev–Trinajstić information content (AvgIpc) is 3.55. The Hall–Kier alpha value is -3.86. The first-order chi connectivity index (χ1) is 24.3. The van der Waals surface area contributed by atoms with E-state index in [0.29, 0.717) is 62.7 Å². The number of carbonyl (C=O) groups excluding carboxylic acids is 2. The first kappa shape index (κ1) is 37.9. The van der Waals surface area contributed by atoms with Crippen LogP contribution in [0.4, 0.5) is 20.8 Å². The van der Waals surface area contributed by atoms with Gasteiger partial charge in [0.05, 0.1) is 37.4 Å². The molecule has 1 N–H and O–H groups in total. The number of nitrogens with zero attached hydrogens (tertiary/aromatic N) is 7. The SMILES string of the molecule is C[C@@H]1COCCN1C[C@H]1CN(C(=O)OC(C)(C)C)[C@H](C)CN1CC(=O)N1CC(C)(C)c2c1cc(Cc1ccc(F)cc1)c1nc(NS(C)(=O)=O)nn21. The lowest BCUT2D eigenvalue weighted by Crippen LogP contribution is -2.64. The standard InChI is InChI=1S/C36H51FN8O6S/c1-23-17-42(28(18-41-13-14-50-21-24(41)2)19-43(23)34(47)51-35(3,4)5)20-30(46)44-22-36(6,7)31-29(44)16-26(15-25-9-11-27(37)12-10-25)32-38-33(39-45(31)32)40-52(8,48)49/h9-12,16,23-24,28H,13-15,17-22H2,1-8H3,(H,39,40)/t23-,24-,28+/m1/s1. The Morgan fingerprint density at radius 1 is 1.10 bits per heavy atom. The number of rotatable bonds is 8. The molecule has 3 atom stereocenters. The highest BCUT2D eigenvalue weighted by atomic mass is 32.2. The van der Waals surface area contributed by atoms with Crippen molar-refractivity contribution in [3.05, 3.63) is 53.0 Å². The second kappa shape index (κ2) is 14.2. The van der Waals surface area contributed by atoms with Crippen LogP contribution >= 0.6 is 0 Å². The van der Waals surface area contributed by atoms with Crippen molar-refractivity contribution in [1.82, 2.24) is 29.3 Å². The van der Waals surface area contributed by atoms with E-state index in [1.165, 1.54) is 12.1 Å². The molecule has 0 aliphatic carbocycles. The van der Waals surface area contributed by atoms with Crippen molar-refractivity contribution in [3.8, 4) is 0 Å². The number of sulfonamides is 1. The van der Waals surface area contributed by atoms with Crippen LogP contribution in [0.1, 0.15) is 65.3 Å². The summed E-state index contributed by atoms with van der Waals surface area (Å²) in [5.74, 6) is -0.536. The number of morpholine rings is 1. The molecular weight excluding hydrogens is 692 g/mol. The van der Waals surface area contributed by atoms with Gasteiger partial charge in [0.15, 0.2) is 5.65 Å². The number of hydrogen-bond acceptors (Lipinski definition) is 10. The predicted octanol–water partition coefficient (Wildman–Crippen LogP) is 3.49. The van der Waals surface area contributed by atoms with Crippen LogP contribution in [0.2, 0.25) is 0 Å². The number of halogens is 1. The maximum Gasteiger partial charge on any atom is 0.410 e. The molecule has 2 saturated heterocycles. The summed E-state index contributed by atoms with van der Waals surface area (Å²) in [6.45, 7) is 17.8. The number of nitrogens with one attached hydrogen (secondary N) is 1. The molecule has 2 aromatic heterocycles. The highest BCUT2D eigenvalue weighted by molar-refractivity contribution is 7.92. The van der Waals surface area contributed by atoms with E-state index in [9.17, 15) is 22.4 Å². The van der Waals surface area contributed by atoms with Gasteiger partial charge in [0.1, 0.15) is 11.4 Å². The summed E-state index contributed by atoms with van der Waals surface area (Å²) >= 11 is 0. The van der Waals surface area contributed by atoms with Crippen LogP contribution in [0, 0.1) is 5.82 Å². The maximum absolute atomic E-state index is 14.6. The first-order valence-electron chi connectivity index (χ1n) is 17.8. The zero-order valence-electron chi connectivity index (χ0n) is 31.3. The van der Waals surface area contributed by atoms with Gasteiger partial charge in [-0.15, -0.1) is 5.10 Å². The van der Waals surface area contributed by atoms with Crippen molar-refractivity contribution in [2.24, 2.45) is 0 Å². The van der Waals surface area contributed by atoms with E-state index in [1.807, 2.05) is 47.6 Å². The van der Waals surface area contributed by atoms with Crippen LogP contribution in [-0.2, 0) is 36.1 Å². The molecule has 3 aliphatic rings. The van der Waals surface area contributed by atoms with Gasteiger partial charge in [0, 0.05) is 68.2 Å². The summed E-state index contributed by atoms with van der Waals surface area (Å²) in [6, 6.07) is 7.93.